The van der Waals surface area contributed by atoms with E-state index < -0.39 is 5.92 Å². The Morgan fingerprint density at radius 3 is 2.68 bits per heavy atom. The lowest BCUT2D eigenvalue weighted by Gasteiger charge is -2.24. The van der Waals surface area contributed by atoms with E-state index in [1.807, 2.05) is 38.1 Å². The lowest BCUT2D eigenvalue weighted by molar-refractivity contribution is -0.121. The number of carbonyl (C=O) groups is 2. The Hall–Kier alpha value is -3.74. The standard InChI is InChI=1S/C24H23FN4O2/c1-3-18-11-22(29-28-18)16-5-4-14(2)21(10-16)27-24(31)20-13-26-23(30)12-19(20)15-6-8-17(25)9-7-15/h4-11,13,19H,3,12H2,1-2H3,(H,26,30)(H,27,31)(H,28,29)/t19-/m0/s1. The second-order valence-corrected chi connectivity index (χ2v) is 7.59. The van der Waals surface area contributed by atoms with Gasteiger partial charge in [0.1, 0.15) is 5.82 Å². The van der Waals surface area contributed by atoms with Crippen LogP contribution in [-0.2, 0) is 16.0 Å². The number of aromatic nitrogens is 2. The summed E-state index contributed by atoms with van der Waals surface area (Å²) < 4.78 is 13.3. The van der Waals surface area contributed by atoms with Gasteiger partial charge in [0.25, 0.3) is 5.91 Å². The summed E-state index contributed by atoms with van der Waals surface area (Å²) in [6.07, 6.45) is 2.42. The van der Waals surface area contributed by atoms with Crippen molar-refractivity contribution in [3.63, 3.8) is 0 Å². The number of halogens is 1. The van der Waals surface area contributed by atoms with Gasteiger partial charge in [0.15, 0.2) is 0 Å². The van der Waals surface area contributed by atoms with Gasteiger partial charge in [-0.05, 0) is 48.7 Å². The van der Waals surface area contributed by atoms with Crippen LogP contribution in [0.3, 0.4) is 0 Å². The number of anilines is 1. The Labute approximate surface area is 179 Å². The van der Waals surface area contributed by atoms with Crippen LogP contribution >= 0.6 is 0 Å². The molecule has 3 N–H and O–H groups in total. The zero-order valence-corrected chi connectivity index (χ0v) is 17.3. The number of rotatable bonds is 5. The molecule has 0 unspecified atom stereocenters. The molecule has 158 valence electrons. The highest BCUT2D eigenvalue weighted by Crippen LogP contribution is 2.32. The number of nitrogens with one attached hydrogen (secondary N) is 3. The number of hydrogen-bond acceptors (Lipinski definition) is 3. The molecular weight excluding hydrogens is 395 g/mol. The van der Waals surface area contributed by atoms with Gasteiger partial charge in [-0.2, -0.15) is 5.10 Å². The molecular formula is C24H23FN4O2. The molecule has 1 aliphatic rings. The molecule has 31 heavy (non-hydrogen) atoms. The maximum absolute atomic E-state index is 13.3. The van der Waals surface area contributed by atoms with Crippen molar-refractivity contribution >= 4 is 17.5 Å². The molecule has 1 aliphatic heterocycles. The van der Waals surface area contributed by atoms with Crippen molar-refractivity contribution in [1.29, 1.82) is 0 Å². The number of H-pyrrole nitrogens is 1. The lowest BCUT2D eigenvalue weighted by atomic mass is 9.86. The Bertz CT molecular complexity index is 1160. The number of aryl methyl sites for hydroxylation is 2. The van der Waals surface area contributed by atoms with Crippen molar-refractivity contribution in [3.05, 3.63) is 82.9 Å². The Morgan fingerprint density at radius 2 is 1.97 bits per heavy atom. The first kappa shape index (κ1) is 20.5. The van der Waals surface area contributed by atoms with Crippen LogP contribution in [0.15, 0.2) is 60.3 Å². The van der Waals surface area contributed by atoms with Gasteiger partial charge in [-0.25, -0.2) is 4.39 Å². The van der Waals surface area contributed by atoms with Gasteiger partial charge < -0.3 is 10.6 Å². The van der Waals surface area contributed by atoms with Gasteiger partial charge in [0.2, 0.25) is 5.91 Å². The van der Waals surface area contributed by atoms with Crippen molar-refractivity contribution in [3.8, 4) is 11.3 Å². The highest BCUT2D eigenvalue weighted by molar-refractivity contribution is 6.07. The molecule has 0 spiro atoms. The van der Waals surface area contributed by atoms with E-state index in [0.717, 1.165) is 28.9 Å². The molecule has 0 bridgehead atoms. The fraction of sp³-hybridized carbons (Fsp3) is 0.208. The van der Waals surface area contributed by atoms with Gasteiger partial charge in [-0.3, -0.25) is 14.7 Å². The first-order valence-corrected chi connectivity index (χ1v) is 10.2. The quantitative estimate of drug-likeness (QED) is 0.580. The van der Waals surface area contributed by atoms with E-state index in [-0.39, 0.29) is 24.1 Å². The van der Waals surface area contributed by atoms with Gasteiger partial charge in [0.05, 0.1) is 5.69 Å². The van der Waals surface area contributed by atoms with Crippen LogP contribution in [0.4, 0.5) is 10.1 Å². The van der Waals surface area contributed by atoms with Gasteiger partial charge in [-0.15, -0.1) is 0 Å². The van der Waals surface area contributed by atoms with E-state index in [4.69, 9.17) is 0 Å². The second-order valence-electron chi connectivity index (χ2n) is 7.59. The summed E-state index contributed by atoms with van der Waals surface area (Å²) in [6, 6.07) is 13.6. The van der Waals surface area contributed by atoms with Crippen LogP contribution in [-0.4, -0.2) is 22.0 Å². The van der Waals surface area contributed by atoms with Gasteiger partial charge >= 0.3 is 0 Å². The predicted octanol–water partition coefficient (Wildman–Crippen LogP) is 4.21. The monoisotopic (exact) mass is 418 g/mol. The highest BCUT2D eigenvalue weighted by Gasteiger charge is 2.29. The highest BCUT2D eigenvalue weighted by atomic mass is 19.1. The molecule has 2 amide bonds. The smallest absolute Gasteiger partial charge is 0.253 e. The molecule has 2 heterocycles. The van der Waals surface area contributed by atoms with Gasteiger partial charge in [-0.1, -0.05) is 31.2 Å². The number of nitrogens with zero attached hydrogens (tertiary/aromatic N) is 1. The van der Waals surface area contributed by atoms with Crippen LogP contribution < -0.4 is 10.6 Å². The number of aromatic amines is 1. The Balaban J connectivity index is 1.61. The maximum atomic E-state index is 13.3. The number of amides is 2. The van der Waals surface area contributed by atoms with Gasteiger partial charge in [0, 0.05) is 41.1 Å². The third-order valence-corrected chi connectivity index (χ3v) is 5.48. The molecule has 0 saturated carbocycles. The molecule has 0 radical (unpaired) electrons. The van der Waals surface area contributed by atoms with Crippen molar-refractivity contribution in [2.75, 3.05) is 5.32 Å². The van der Waals surface area contributed by atoms with E-state index in [2.05, 4.69) is 20.8 Å². The van der Waals surface area contributed by atoms with E-state index >= 15 is 0 Å². The molecule has 4 rings (SSSR count). The Morgan fingerprint density at radius 1 is 1.19 bits per heavy atom. The molecule has 6 nitrogen and oxygen atoms in total. The maximum Gasteiger partial charge on any atom is 0.253 e. The van der Waals surface area contributed by atoms with Crippen molar-refractivity contribution in [2.24, 2.45) is 0 Å². The van der Waals surface area contributed by atoms with E-state index in [1.54, 1.807) is 12.1 Å². The SMILES string of the molecule is CCc1cc(-c2ccc(C)c(NC(=O)C3=CNC(=O)C[C@H]3c3ccc(F)cc3)c2)n[nH]1. The van der Waals surface area contributed by atoms with Crippen LogP contribution in [0.2, 0.25) is 0 Å². The molecule has 1 aromatic heterocycles. The average molecular weight is 418 g/mol. The first-order valence-electron chi connectivity index (χ1n) is 10.2. The normalized spacial score (nSPS) is 15.9. The zero-order chi connectivity index (χ0) is 22.0. The molecule has 0 fully saturated rings. The molecule has 0 aliphatic carbocycles. The molecule has 1 atom stereocenters. The van der Waals surface area contributed by atoms with Crippen LogP contribution in [0.25, 0.3) is 11.3 Å². The minimum Gasteiger partial charge on any atom is -0.332 e. The van der Waals surface area contributed by atoms with Crippen molar-refractivity contribution in [2.45, 2.75) is 32.6 Å². The van der Waals surface area contributed by atoms with Crippen molar-refractivity contribution < 1.29 is 14.0 Å². The van der Waals surface area contributed by atoms with Crippen LogP contribution in [0.1, 0.15) is 36.1 Å². The van der Waals surface area contributed by atoms with E-state index in [1.165, 1.54) is 18.3 Å². The molecule has 0 saturated heterocycles. The number of hydrogen-bond donors (Lipinski definition) is 3. The summed E-state index contributed by atoms with van der Waals surface area (Å²) in [5.74, 6) is -1.31. The molecule has 7 heteroatoms. The third-order valence-electron chi connectivity index (χ3n) is 5.48. The fourth-order valence-electron chi connectivity index (χ4n) is 3.63. The second kappa shape index (κ2) is 8.55. The predicted molar refractivity (Wildman–Crippen MR) is 117 cm³/mol. The summed E-state index contributed by atoms with van der Waals surface area (Å²) in [6.45, 7) is 3.96. The molecule has 3 aromatic rings. The van der Waals surface area contributed by atoms with E-state index in [9.17, 15) is 14.0 Å². The first-order chi connectivity index (χ1) is 14.9. The van der Waals surface area contributed by atoms with Crippen molar-refractivity contribution in [1.82, 2.24) is 15.5 Å². The minimum atomic E-state index is -0.448. The van der Waals surface area contributed by atoms with Crippen LogP contribution in [0, 0.1) is 12.7 Å². The summed E-state index contributed by atoms with van der Waals surface area (Å²) in [5, 5.41) is 12.9. The average Bonchev–Trinajstić information content (AvgIpc) is 3.25. The number of benzene rings is 2. The Kier molecular flexibility index (Phi) is 5.66. The lowest BCUT2D eigenvalue weighted by Crippen LogP contribution is -2.32. The summed E-state index contributed by atoms with van der Waals surface area (Å²) in [4.78, 5) is 25.1. The summed E-state index contributed by atoms with van der Waals surface area (Å²) in [5.41, 5.74) is 5.43. The summed E-state index contributed by atoms with van der Waals surface area (Å²) in [7, 11) is 0. The number of carbonyl (C=O) groups excluding carboxylic acids is 2. The fourth-order valence-corrected chi connectivity index (χ4v) is 3.63. The summed E-state index contributed by atoms with van der Waals surface area (Å²) >= 11 is 0. The third kappa shape index (κ3) is 4.40. The van der Waals surface area contributed by atoms with E-state index in [0.29, 0.717) is 16.8 Å². The zero-order valence-electron chi connectivity index (χ0n) is 17.3. The minimum absolute atomic E-state index is 0.122. The van der Waals surface area contributed by atoms with Crippen LogP contribution in [0.5, 0.6) is 0 Å². The topological polar surface area (TPSA) is 86.9 Å². The largest absolute Gasteiger partial charge is 0.332 e. The molecule has 2 aromatic carbocycles.